The molecule has 4 aliphatic rings. The second-order valence-corrected chi connectivity index (χ2v) is 18.6. The molecule has 2 saturated heterocycles. The first-order valence-corrected chi connectivity index (χ1v) is 21.1. The Labute approximate surface area is 344 Å². The third kappa shape index (κ3) is 7.15. The van der Waals surface area contributed by atoms with Crippen molar-refractivity contribution in [2.75, 3.05) is 59.8 Å². The third-order valence-electron chi connectivity index (χ3n) is 11.9. The highest BCUT2D eigenvalue weighted by molar-refractivity contribution is 7.92. The number of aromatic nitrogens is 4. The number of hydrogen-bond donors (Lipinski definition) is 2. The molecule has 0 saturated carbocycles. The number of halogens is 3. The van der Waals surface area contributed by atoms with Crippen molar-refractivity contribution in [1.29, 1.82) is 0 Å². The first-order valence-electron chi connectivity index (χ1n) is 19.6. The van der Waals surface area contributed by atoms with Gasteiger partial charge in [-0.15, -0.1) is 0 Å². The van der Waals surface area contributed by atoms with Crippen LogP contribution in [0.4, 0.5) is 41.9 Å². The standard InChI is InChI=1S/C41H46F3N9O6S/c1-7-34(54)47-29-15-26(16-33(60(57,58)41(42,43)44)35(29)51-11-10-50(19-23(51)2)27-21-59-22-27)46-36-39(56)49(6)20-30(48-36)28-8-9-45-37(24(28)3)53-13-12-52-31(38(53)55)14-25-17-40(4,5)18-32(25)52/h7-9,14-16,20,23,27H,1,10-13,17-19,21-22H2,2-6H3,(H,46,48)(H,47,54)/t23-/m0/s1. The van der Waals surface area contributed by atoms with Crippen molar-refractivity contribution in [3.63, 3.8) is 0 Å². The van der Waals surface area contributed by atoms with Gasteiger partial charge in [0.2, 0.25) is 5.91 Å². The minimum atomic E-state index is -6.04. The molecule has 0 spiro atoms. The number of piperazine rings is 1. The second kappa shape index (κ2) is 14.9. The number of ether oxygens (including phenoxy) is 1. The first-order chi connectivity index (χ1) is 28.3. The number of pyridine rings is 1. The summed E-state index contributed by atoms with van der Waals surface area (Å²) in [5.41, 5.74) is -2.76. The zero-order chi connectivity index (χ0) is 43.1. The third-order valence-corrected chi connectivity index (χ3v) is 13.4. The van der Waals surface area contributed by atoms with E-state index in [1.165, 1.54) is 46.2 Å². The number of nitrogens with zero attached hydrogens (tertiary/aromatic N) is 7. The molecule has 15 nitrogen and oxygen atoms in total. The van der Waals surface area contributed by atoms with Crippen LogP contribution in [0.1, 0.15) is 48.1 Å². The molecule has 3 aromatic heterocycles. The quantitative estimate of drug-likeness (QED) is 0.222. The molecule has 2 amide bonds. The Kier molecular flexibility index (Phi) is 10.2. The van der Waals surface area contributed by atoms with Gasteiger partial charge in [0, 0.05) is 80.7 Å². The number of carbonyl (C=O) groups excluding carboxylic acids is 2. The Morgan fingerprint density at radius 2 is 1.83 bits per heavy atom. The Bertz CT molecular complexity index is 2620. The largest absolute Gasteiger partial charge is 0.501 e. The van der Waals surface area contributed by atoms with Gasteiger partial charge < -0.3 is 29.4 Å². The summed E-state index contributed by atoms with van der Waals surface area (Å²) in [6.07, 6.45) is 5.69. The minimum Gasteiger partial charge on any atom is -0.378 e. The van der Waals surface area contributed by atoms with Gasteiger partial charge in [0.25, 0.3) is 21.3 Å². The molecule has 0 bridgehead atoms. The number of carbonyl (C=O) groups is 2. The zero-order valence-electron chi connectivity index (χ0n) is 33.9. The number of hydrogen-bond acceptors (Lipinski definition) is 11. The van der Waals surface area contributed by atoms with E-state index in [4.69, 9.17) is 4.74 Å². The van der Waals surface area contributed by atoms with Crippen LogP contribution in [0.25, 0.3) is 11.3 Å². The van der Waals surface area contributed by atoms with Gasteiger partial charge in [0.05, 0.1) is 36.3 Å². The molecular formula is C41H46F3N9O6S. The number of rotatable bonds is 9. The summed E-state index contributed by atoms with van der Waals surface area (Å²) in [4.78, 5) is 53.7. The van der Waals surface area contributed by atoms with E-state index in [0.717, 1.165) is 25.0 Å². The van der Waals surface area contributed by atoms with Gasteiger partial charge in [-0.2, -0.15) is 13.2 Å². The van der Waals surface area contributed by atoms with Gasteiger partial charge in [-0.3, -0.25) is 24.2 Å². The number of amides is 2. The molecular weight excluding hydrogens is 804 g/mol. The van der Waals surface area contributed by atoms with E-state index in [1.807, 2.05) is 6.07 Å². The van der Waals surface area contributed by atoms with Crippen LogP contribution in [-0.4, -0.2) is 101 Å². The maximum absolute atomic E-state index is 14.5. The lowest BCUT2D eigenvalue weighted by Crippen LogP contribution is -2.60. The molecule has 19 heteroatoms. The molecule has 60 heavy (non-hydrogen) atoms. The molecule has 2 N–H and O–H groups in total. The van der Waals surface area contributed by atoms with Crippen LogP contribution in [0.5, 0.6) is 0 Å². The number of sulfone groups is 1. The highest BCUT2D eigenvalue weighted by atomic mass is 32.2. The zero-order valence-corrected chi connectivity index (χ0v) is 34.7. The molecule has 318 valence electrons. The number of alkyl halides is 3. The van der Waals surface area contributed by atoms with Crippen molar-refractivity contribution in [3.05, 3.63) is 82.2 Å². The lowest BCUT2D eigenvalue weighted by molar-refractivity contribution is -0.111. The van der Waals surface area contributed by atoms with E-state index in [2.05, 4.69) is 50.5 Å². The lowest BCUT2D eigenvalue weighted by atomic mass is 9.90. The maximum atomic E-state index is 14.5. The smallest absolute Gasteiger partial charge is 0.378 e. The molecule has 1 aliphatic carbocycles. The van der Waals surface area contributed by atoms with E-state index >= 15 is 0 Å². The Morgan fingerprint density at radius 3 is 2.50 bits per heavy atom. The Hall–Kier alpha value is -5.53. The summed E-state index contributed by atoms with van der Waals surface area (Å²) in [5.74, 6) is -0.915. The van der Waals surface area contributed by atoms with Crippen molar-refractivity contribution in [2.24, 2.45) is 12.5 Å². The normalized spacial score (nSPS) is 19.5. The molecule has 2 fully saturated rings. The molecule has 0 unspecified atom stereocenters. The van der Waals surface area contributed by atoms with Crippen LogP contribution < -0.4 is 26.0 Å². The van der Waals surface area contributed by atoms with Crippen molar-refractivity contribution >= 4 is 50.3 Å². The number of fused-ring (bicyclic) bond motifs is 3. The minimum absolute atomic E-state index is 0.131. The number of nitrogens with one attached hydrogen (secondary N) is 2. The summed E-state index contributed by atoms with van der Waals surface area (Å²) in [6, 6.07) is 5.39. The molecule has 1 atom stereocenters. The van der Waals surface area contributed by atoms with Gasteiger partial charge in [-0.1, -0.05) is 20.4 Å². The van der Waals surface area contributed by atoms with Gasteiger partial charge >= 0.3 is 5.51 Å². The van der Waals surface area contributed by atoms with E-state index < -0.39 is 37.7 Å². The molecule has 0 radical (unpaired) electrons. The summed E-state index contributed by atoms with van der Waals surface area (Å²) in [7, 11) is -4.57. The van der Waals surface area contributed by atoms with Crippen molar-refractivity contribution in [1.82, 2.24) is 24.0 Å². The fraction of sp³-hybridized carbons (Fsp3) is 0.439. The highest BCUT2D eigenvalue weighted by Gasteiger charge is 2.50. The number of benzene rings is 1. The van der Waals surface area contributed by atoms with Gasteiger partial charge in [-0.05, 0) is 68.0 Å². The second-order valence-electron chi connectivity index (χ2n) is 16.7. The van der Waals surface area contributed by atoms with Crippen LogP contribution in [0.15, 0.2) is 59.0 Å². The maximum Gasteiger partial charge on any atom is 0.501 e. The van der Waals surface area contributed by atoms with Crippen molar-refractivity contribution in [3.8, 4) is 11.3 Å². The molecule has 8 rings (SSSR count). The summed E-state index contributed by atoms with van der Waals surface area (Å²) in [6.45, 7) is 14.4. The van der Waals surface area contributed by atoms with E-state index in [-0.39, 0.29) is 52.5 Å². The van der Waals surface area contributed by atoms with E-state index in [9.17, 15) is 36.0 Å². The average molecular weight is 850 g/mol. The van der Waals surface area contributed by atoms with Crippen LogP contribution in [0.2, 0.25) is 0 Å². The Balaban J connectivity index is 1.17. The van der Waals surface area contributed by atoms with Crippen molar-refractivity contribution < 1.29 is 35.9 Å². The SMILES string of the molecule is C=CC(=O)Nc1cc(Nc2nc(-c3ccnc(N4CCn5c(cc6c5CC(C)(C)C6)C4=O)c3C)cn(C)c2=O)cc(S(=O)(=O)C(F)(F)F)c1N1CCN(C2COC2)C[C@@H]1C. The molecule has 1 aromatic carbocycles. The average Bonchev–Trinajstić information content (AvgIpc) is 3.65. The number of anilines is 5. The summed E-state index contributed by atoms with van der Waals surface area (Å²) < 4.78 is 78.9. The molecule has 4 aromatic rings. The van der Waals surface area contributed by atoms with Gasteiger partial charge in [0.15, 0.2) is 5.82 Å². The Morgan fingerprint density at radius 1 is 1.08 bits per heavy atom. The van der Waals surface area contributed by atoms with Crippen LogP contribution in [-0.2, 0) is 45.8 Å². The van der Waals surface area contributed by atoms with Gasteiger partial charge in [0.1, 0.15) is 16.4 Å². The molecule has 3 aliphatic heterocycles. The lowest BCUT2D eigenvalue weighted by Gasteiger charge is -2.47. The van der Waals surface area contributed by atoms with Crippen LogP contribution in [0, 0.1) is 12.3 Å². The predicted octanol–water partition coefficient (Wildman–Crippen LogP) is 4.81. The highest BCUT2D eigenvalue weighted by Crippen LogP contribution is 2.44. The van der Waals surface area contributed by atoms with Crippen molar-refractivity contribution in [2.45, 2.75) is 69.6 Å². The van der Waals surface area contributed by atoms with E-state index in [1.54, 1.807) is 24.8 Å². The fourth-order valence-electron chi connectivity index (χ4n) is 8.81. The van der Waals surface area contributed by atoms with Crippen LogP contribution >= 0.6 is 0 Å². The van der Waals surface area contributed by atoms with E-state index in [0.29, 0.717) is 62.0 Å². The predicted molar refractivity (Wildman–Crippen MR) is 220 cm³/mol. The van der Waals surface area contributed by atoms with Crippen LogP contribution in [0.3, 0.4) is 0 Å². The number of aryl methyl sites for hydroxylation is 1. The molecule has 6 heterocycles. The first kappa shape index (κ1) is 41.2. The summed E-state index contributed by atoms with van der Waals surface area (Å²) in [5, 5.41) is 5.27. The fourth-order valence-corrected chi connectivity index (χ4v) is 9.82. The summed E-state index contributed by atoms with van der Waals surface area (Å²) >= 11 is 0. The monoisotopic (exact) mass is 849 g/mol. The van der Waals surface area contributed by atoms with Gasteiger partial charge in [-0.25, -0.2) is 18.4 Å². The topological polar surface area (TPSA) is 164 Å².